The van der Waals surface area contributed by atoms with Crippen LogP contribution < -0.4 is 9.61 Å². The number of aromatic amines is 1. The zero-order valence-corrected chi connectivity index (χ0v) is 21.5. The van der Waals surface area contributed by atoms with Gasteiger partial charge < -0.3 is 14.8 Å². The molecule has 3 heterocycles. The molecule has 1 saturated heterocycles. The minimum Gasteiger partial charge on any atom is -0.496 e. The third kappa shape index (κ3) is 3.55. The van der Waals surface area contributed by atoms with Crippen molar-refractivity contribution >= 4 is 40.9 Å². The number of fused-ring (bicyclic) bond motifs is 9. The van der Waals surface area contributed by atoms with Crippen molar-refractivity contribution in [2.75, 3.05) is 13.7 Å². The highest BCUT2D eigenvalue weighted by Gasteiger charge is 2.69. The smallest absolute Gasteiger partial charge is 0.305 e. The molecule has 4 aliphatic rings. The first-order chi connectivity index (χ1) is 17.4. The van der Waals surface area contributed by atoms with Gasteiger partial charge in [-0.25, -0.2) is 0 Å². The van der Waals surface area contributed by atoms with E-state index in [9.17, 15) is 19.2 Å². The number of thioether (sulfide) groups is 1. The standard InChI is InChI=1S/C26H28N2O6S2/c1-34-15-8-5-4-7-12(15)17-18-13-11-14(21(18)35-23-22(17)36-26(33)27-23)20-19(13)24(31)28(25(20)32)10-6-2-3-9-16(29)30/h4-5,7-8,13-14,17-21H,2-3,6,9-11H2,1H3,(H,27,33)(H,29,30)/t13-,14+,17+,18+,19+,20+,21-/m0/s1. The van der Waals surface area contributed by atoms with Gasteiger partial charge in [0.2, 0.25) is 11.8 Å². The molecule has 2 aliphatic heterocycles. The molecule has 2 bridgehead atoms. The lowest BCUT2D eigenvalue weighted by molar-refractivity contribution is -0.141. The normalized spacial score (nSPS) is 31.9. The lowest BCUT2D eigenvalue weighted by atomic mass is 9.68. The Hall–Kier alpha value is -2.59. The summed E-state index contributed by atoms with van der Waals surface area (Å²) in [5, 5.41) is 9.87. The van der Waals surface area contributed by atoms with Crippen molar-refractivity contribution in [2.45, 2.75) is 48.3 Å². The minimum atomic E-state index is -0.825. The monoisotopic (exact) mass is 528 g/mol. The number of aromatic nitrogens is 1. The molecule has 7 atom stereocenters. The number of nitrogens with one attached hydrogen (secondary N) is 1. The number of thiazole rings is 1. The van der Waals surface area contributed by atoms with E-state index in [-0.39, 0.29) is 63.9 Å². The molecule has 1 aromatic carbocycles. The summed E-state index contributed by atoms with van der Waals surface area (Å²) in [5.74, 6) is -0.523. The number of aliphatic carboxylic acids is 1. The van der Waals surface area contributed by atoms with E-state index < -0.39 is 5.97 Å². The lowest BCUT2D eigenvalue weighted by Crippen LogP contribution is -2.42. The molecular weight excluding hydrogens is 500 g/mol. The van der Waals surface area contributed by atoms with E-state index >= 15 is 0 Å². The molecular formula is C26H28N2O6S2. The topological polar surface area (TPSA) is 117 Å². The number of amides is 2. The van der Waals surface area contributed by atoms with Crippen LogP contribution in [-0.2, 0) is 14.4 Å². The van der Waals surface area contributed by atoms with E-state index in [1.165, 1.54) is 16.2 Å². The van der Waals surface area contributed by atoms with E-state index in [1.807, 2.05) is 18.2 Å². The number of hydrogen-bond donors (Lipinski definition) is 2. The number of methoxy groups -OCH3 is 1. The number of carbonyl (C=O) groups excluding carboxylic acids is 2. The van der Waals surface area contributed by atoms with Gasteiger partial charge in [0.05, 0.1) is 24.0 Å². The molecule has 10 heteroatoms. The number of rotatable bonds is 8. The summed E-state index contributed by atoms with van der Waals surface area (Å²) in [6, 6.07) is 7.91. The Balaban J connectivity index is 1.31. The molecule has 6 rings (SSSR count). The van der Waals surface area contributed by atoms with E-state index in [4.69, 9.17) is 9.84 Å². The first kappa shape index (κ1) is 23.8. The third-order valence-corrected chi connectivity index (χ3v) is 11.1. The van der Waals surface area contributed by atoms with Crippen LogP contribution in [0.25, 0.3) is 0 Å². The largest absolute Gasteiger partial charge is 0.496 e. The van der Waals surface area contributed by atoms with Crippen molar-refractivity contribution in [3.63, 3.8) is 0 Å². The van der Waals surface area contributed by atoms with Crippen molar-refractivity contribution < 1.29 is 24.2 Å². The highest BCUT2D eigenvalue weighted by atomic mass is 32.2. The number of imide groups is 1. The summed E-state index contributed by atoms with van der Waals surface area (Å²) in [5.41, 5.74) is 1.03. The number of likely N-dealkylation sites (tertiary alicyclic amines) is 1. The van der Waals surface area contributed by atoms with Gasteiger partial charge >= 0.3 is 10.8 Å². The van der Waals surface area contributed by atoms with Gasteiger partial charge in [-0.3, -0.25) is 24.1 Å². The van der Waals surface area contributed by atoms with Gasteiger partial charge in [0.1, 0.15) is 5.75 Å². The predicted octanol–water partition coefficient (Wildman–Crippen LogP) is 3.56. The van der Waals surface area contributed by atoms with E-state index in [0.29, 0.717) is 25.8 Å². The van der Waals surface area contributed by atoms with Gasteiger partial charge in [0.25, 0.3) is 0 Å². The summed E-state index contributed by atoms with van der Waals surface area (Å²) in [6.07, 6.45) is 2.81. The van der Waals surface area contributed by atoms with Gasteiger partial charge in [-0.2, -0.15) is 0 Å². The molecule has 2 amide bonds. The third-order valence-electron chi connectivity index (χ3n) is 8.56. The van der Waals surface area contributed by atoms with Crippen molar-refractivity contribution in [3.8, 4) is 5.75 Å². The van der Waals surface area contributed by atoms with Gasteiger partial charge in [-0.15, -0.1) is 11.8 Å². The highest BCUT2D eigenvalue weighted by molar-refractivity contribution is 8.00. The average Bonchev–Trinajstić information content (AvgIpc) is 3.58. The van der Waals surface area contributed by atoms with Crippen molar-refractivity contribution in [1.29, 1.82) is 0 Å². The molecule has 0 radical (unpaired) electrons. The minimum absolute atomic E-state index is 0.0599. The van der Waals surface area contributed by atoms with Crippen LogP contribution in [0.1, 0.15) is 48.5 Å². The average molecular weight is 529 g/mol. The fraction of sp³-hybridized carbons (Fsp3) is 0.538. The number of para-hydroxylation sites is 1. The van der Waals surface area contributed by atoms with Crippen molar-refractivity contribution in [2.24, 2.45) is 29.6 Å². The fourth-order valence-electron chi connectivity index (χ4n) is 7.29. The molecule has 0 spiro atoms. The number of nitrogens with zero attached hydrogens (tertiary/aromatic N) is 1. The number of ether oxygens (including phenoxy) is 1. The zero-order valence-electron chi connectivity index (χ0n) is 19.8. The van der Waals surface area contributed by atoms with E-state index in [0.717, 1.165) is 27.6 Å². The Labute approximate surface area is 216 Å². The van der Waals surface area contributed by atoms with Crippen LogP contribution in [0.5, 0.6) is 5.75 Å². The zero-order chi connectivity index (χ0) is 25.1. The molecule has 2 saturated carbocycles. The summed E-state index contributed by atoms with van der Waals surface area (Å²) in [6.45, 7) is 0.364. The Morgan fingerprint density at radius 1 is 1.11 bits per heavy atom. The van der Waals surface area contributed by atoms with E-state index in [2.05, 4.69) is 11.1 Å². The first-order valence-corrected chi connectivity index (χ1v) is 14.2. The molecule has 8 nitrogen and oxygen atoms in total. The molecule has 3 fully saturated rings. The Morgan fingerprint density at radius 2 is 1.86 bits per heavy atom. The van der Waals surface area contributed by atoms with Gasteiger partial charge in [-0.1, -0.05) is 36.0 Å². The van der Waals surface area contributed by atoms with E-state index in [1.54, 1.807) is 18.9 Å². The number of benzene rings is 1. The fourth-order valence-corrected chi connectivity index (χ4v) is 10.2. The SMILES string of the molecule is COc1ccccc1[C@H]1c2sc(=O)[nH]c2S[C@H]2[C@@H]3C[C@H]([C@H]4C(=O)N(CCCCCC(=O)O)C(=O)[C@H]34)[C@H]12. The summed E-state index contributed by atoms with van der Waals surface area (Å²) in [4.78, 5) is 55.6. The summed E-state index contributed by atoms with van der Waals surface area (Å²) < 4.78 is 5.71. The van der Waals surface area contributed by atoms with Crippen LogP contribution in [-0.4, -0.2) is 51.7 Å². The lowest BCUT2D eigenvalue weighted by Gasteiger charge is -2.43. The number of H-pyrrole nitrogens is 1. The Bertz CT molecular complexity index is 1290. The maximum absolute atomic E-state index is 13.6. The summed E-state index contributed by atoms with van der Waals surface area (Å²) >= 11 is 2.92. The molecule has 2 aromatic rings. The predicted molar refractivity (Wildman–Crippen MR) is 134 cm³/mol. The highest BCUT2D eigenvalue weighted by Crippen LogP contribution is 2.68. The Kier molecular flexibility index (Phi) is 5.99. The van der Waals surface area contributed by atoms with Crippen LogP contribution in [0.4, 0.5) is 0 Å². The second-order valence-electron chi connectivity index (χ2n) is 10.2. The quantitative estimate of drug-likeness (QED) is 0.397. The molecule has 1 aromatic heterocycles. The maximum Gasteiger partial charge on any atom is 0.305 e. The first-order valence-electron chi connectivity index (χ1n) is 12.5. The maximum atomic E-state index is 13.6. The van der Waals surface area contributed by atoms with Crippen LogP contribution >= 0.6 is 23.1 Å². The number of unbranched alkanes of at least 4 members (excludes halogenated alkanes) is 2. The second-order valence-corrected chi connectivity index (χ2v) is 12.4. The van der Waals surface area contributed by atoms with Crippen LogP contribution in [0.15, 0.2) is 34.1 Å². The van der Waals surface area contributed by atoms with Crippen LogP contribution in [0, 0.1) is 29.6 Å². The molecule has 190 valence electrons. The summed E-state index contributed by atoms with van der Waals surface area (Å²) in [7, 11) is 1.65. The number of hydrogen-bond acceptors (Lipinski definition) is 7. The van der Waals surface area contributed by atoms with Gasteiger partial charge in [0, 0.05) is 34.6 Å². The van der Waals surface area contributed by atoms with Crippen LogP contribution in [0.3, 0.4) is 0 Å². The molecule has 2 N–H and O–H groups in total. The number of carbonyl (C=O) groups is 3. The van der Waals surface area contributed by atoms with Gasteiger partial charge in [-0.05, 0) is 43.1 Å². The van der Waals surface area contributed by atoms with Crippen LogP contribution in [0.2, 0.25) is 0 Å². The van der Waals surface area contributed by atoms with Crippen molar-refractivity contribution in [1.82, 2.24) is 9.88 Å². The second kappa shape index (κ2) is 9.06. The molecule has 36 heavy (non-hydrogen) atoms. The van der Waals surface area contributed by atoms with Crippen molar-refractivity contribution in [3.05, 3.63) is 44.4 Å². The molecule has 2 aliphatic carbocycles. The van der Waals surface area contributed by atoms with Gasteiger partial charge in [0.15, 0.2) is 0 Å². The number of carboxylic acids is 1. The number of carboxylic acid groups (broad SMARTS) is 1. The Morgan fingerprint density at radius 3 is 2.61 bits per heavy atom. The molecule has 0 unspecified atom stereocenters.